The predicted octanol–water partition coefficient (Wildman–Crippen LogP) is 13.5. The predicted molar refractivity (Wildman–Crippen MR) is 184 cm³/mol. The normalized spacial score (nSPS) is 12.7. The molecule has 0 atom stereocenters. The van der Waals surface area contributed by atoms with Gasteiger partial charge in [-0.15, -0.1) is 45.3 Å². The first-order valence-electron chi connectivity index (χ1n) is 13.7. The van der Waals surface area contributed by atoms with Gasteiger partial charge in [-0.05, 0) is 89.5 Å². The van der Waals surface area contributed by atoms with Crippen LogP contribution < -0.4 is 0 Å². The van der Waals surface area contributed by atoms with Crippen LogP contribution in [0.15, 0.2) is 97.1 Å². The van der Waals surface area contributed by atoms with Gasteiger partial charge in [-0.2, -0.15) is 13.2 Å². The molecule has 0 aliphatic carbocycles. The number of hydrogen-bond donors (Lipinski definition) is 0. The second-order valence-corrected chi connectivity index (χ2v) is 15.3. The van der Waals surface area contributed by atoms with E-state index < -0.39 is 11.7 Å². The number of benzene rings is 5. The highest BCUT2D eigenvalue weighted by Gasteiger charge is 2.30. The molecule has 0 N–H and O–H groups in total. The molecule has 43 heavy (non-hydrogen) atoms. The van der Waals surface area contributed by atoms with Crippen molar-refractivity contribution in [3.63, 3.8) is 0 Å². The van der Waals surface area contributed by atoms with Gasteiger partial charge in [0.1, 0.15) is 0 Å². The van der Waals surface area contributed by atoms with Crippen molar-refractivity contribution in [3.05, 3.63) is 108 Å². The van der Waals surface area contributed by atoms with E-state index in [1.807, 2.05) is 34.0 Å². The topological polar surface area (TPSA) is 0 Å². The van der Waals surface area contributed by atoms with Crippen LogP contribution in [-0.2, 0) is 6.18 Å². The number of thiophene rings is 4. The van der Waals surface area contributed by atoms with E-state index in [0.29, 0.717) is 0 Å². The Balaban J connectivity index is 1.15. The third-order valence-corrected chi connectivity index (χ3v) is 12.7. The molecule has 5 aromatic carbocycles. The van der Waals surface area contributed by atoms with E-state index in [4.69, 9.17) is 0 Å². The van der Waals surface area contributed by atoms with Crippen molar-refractivity contribution < 1.29 is 13.2 Å². The highest BCUT2D eigenvalue weighted by molar-refractivity contribution is 7.28. The van der Waals surface area contributed by atoms with Crippen LogP contribution in [-0.4, -0.2) is 0 Å². The summed E-state index contributed by atoms with van der Waals surface area (Å²) in [6.45, 7) is 2.12. The van der Waals surface area contributed by atoms with Crippen LogP contribution in [0.1, 0.15) is 11.1 Å². The summed E-state index contributed by atoms with van der Waals surface area (Å²) in [7, 11) is 0. The molecule has 0 aliphatic heterocycles. The number of fused-ring (bicyclic) bond motifs is 8. The Kier molecular flexibility index (Phi) is 5.46. The summed E-state index contributed by atoms with van der Waals surface area (Å²) in [6.07, 6.45) is -4.33. The van der Waals surface area contributed by atoms with E-state index >= 15 is 0 Å². The number of alkyl halides is 3. The molecule has 4 heterocycles. The highest BCUT2D eigenvalue weighted by atomic mass is 32.1. The maximum atomic E-state index is 13.0. The fourth-order valence-electron chi connectivity index (χ4n) is 5.94. The van der Waals surface area contributed by atoms with Crippen LogP contribution in [0.3, 0.4) is 0 Å². The van der Waals surface area contributed by atoms with E-state index in [2.05, 4.69) is 79.7 Å². The molecule has 9 aromatic rings. The third-order valence-electron chi connectivity index (χ3n) is 8.17. The maximum absolute atomic E-state index is 13.0. The Morgan fingerprint density at radius 1 is 0.442 bits per heavy atom. The minimum absolute atomic E-state index is 0.622. The Bertz CT molecular complexity index is 2540. The molecule has 0 fully saturated rings. The lowest BCUT2D eigenvalue weighted by Gasteiger charge is -2.06. The van der Waals surface area contributed by atoms with E-state index in [1.54, 1.807) is 23.5 Å². The zero-order chi connectivity index (χ0) is 29.0. The van der Waals surface area contributed by atoms with E-state index in [-0.39, 0.29) is 0 Å². The van der Waals surface area contributed by atoms with Crippen LogP contribution in [0, 0.1) is 6.92 Å². The second kappa shape index (κ2) is 9.13. The van der Waals surface area contributed by atoms with Gasteiger partial charge in [0, 0.05) is 59.5 Å². The zero-order valence-corrected chi connectivity index (χ0v) is 25.8. The first-order valence-corrected chi connectivity index (χ1v) is 17.0. The molecule has 7 heteroatoms. The summed E-state index contributed by atoms with van der Waals surface area (Å²) in [5.41, 5.74) is 2.72. The minimum atomic E-state index is -4.33. The standard InChI is InChI=1S/C36H19F3S4/c1-18-2-4-19(5-3-18)28-12-21-10-24-26-14-33-27(15-32(26)42-34(24)16-30(21)40-28)25-11-22-13-29(41-31(22)17-35(25)43-33)20-6-8-23(9-7-20)36(37,38)39/h2-17H,1H3. The SMILES string of the molecule is Cc1ccc(-c2cc3cc4c(cc3s2)sc2cc3c(cc24)sc2cc4sc(-c5ccc(C(F)(F)F)cc5)cc4cc23)cc1. The Morgan fingerprint density at radius 2 is 0.860 bits per heavy atom. The zero-order valence-electron chi connectivity index (χ0n) is 22.5. The van der Waals surface area contributed by atoms with Crippen molar-refractivity contribution in [1.29, 1.82) is 0 Å². The monoisotopic (exact) mass is 636 g/mol. The third kappa shape index (κ3) is 4.14. The number of rotatable bonds is 2. The Hall–Kier alpha value is -3.75. The molecule has 0 amide bonds. The molecule has 9 rings (SSSR count). The Labute approximate surface area is 259 Å². The lowest BCUT2D eigenvalue weighted by Crippen LogP contribution is -2.03. The van der Waals surface area contributed by atoms with Gasteiger partial charge < -0.3 is 0 Å². The molecule has 208 valence electrons. The molecule has 0 nitrogen and oxygen atoms in total. The van der Waals surface area contributed by atoms with Gasteiger partial charge in [-0.1, -0.05) is 42.0 Å². The van der Waals surface area contributed by atoms with Gasteiger partial charge in [0.2, 0.25) is 0 Å². The number of aryl methyl sites for hydroxylation is 1. The molecule has 0 saturated carbocycles. The van der Waals surface area contributed by atoms with Gasteiger partial charge in [-0.25, -0.2) is 0 Å². The Morgan fingerprint density at radius 3 is 1.33 bits per heavy atom. The molecule has 0 unspecified atom stereocenters. The van der Waals surface area contributed by atoms with Crippen LogP contribution in [0.25, 0.3) is 81.4 Å². The van der Waals surface area contributed by atoms with Crippen molar-refractivity contribution in [2.45, 2.75) is 13.1 Å². The van der Waals surface area contributed by atoms with Crippen molar-refractivity contribution in [3.8, 4) is 20.9 Å². The lowest BCUT2D eigenvalue weighted by atomic mass is 10.1. The van der Waals surface area contributed by atoms with E-state index in [1.165, 1.54) is 66.4 Å². The molecule has 0 saturated heterocycles. The van der Waals surface area contributed by atoms with Gasteiger partial charge >= 0.3 is 6.18 Å². The summed E-state index contributed by atoms with van der Waals surface area (Å²) in [5.74, 6) is 0. The van der Waals surface area contributed by atoms with Crippen molar-refractivity contribution in [1.82, 2.24) is 0 Å². The van der Waals surface area contributed by atoms with Gasteiger partial charge in [-0.3, -0.25) is 0 Å². The second-order valence-electron chi connectivity index (χ2n) is 11.0. The first-order chi connectivity index (χ1) is 20.8. The summed E-state index contributed by atoms with van der Waals surface area (Å²) < 4.78 is 46.7. The quantitative estimate of drug-likeness (QED) is 0.177. The maximum Gasteiger partial charge on any atom is 0.416 e. The van der Waals surface area contributed by atoms with Crippen molar-refractivity contribution in [2.75, 3.05) is 0 Å². The molecule has 4 aromatic heterocycles. The van der Waals surface area contributed by atoms with Gasteiger partial charge in [0.25, 0.3) is 0 Å². The lowest BCUT2D eigenvalue weighted by molar-refractivity contribution is -0.137. The van der Waals surface area contributed by atoms with Crippen molar-refractivity contribution in [2.24, 2.45) is 0 Å². The smallest absolute Gasteiger partial charge is 0.166 e. The molecule has 0 radical (unpaired) electrons. The van der Waals surface area contributed by atoms with Gasteiger partial charge in [0.15, 0.2) is 0 Å². The number of halogens is 3. The number of hydrogen-bond acceptors (Lipinski definition) is 4. The average molecular weight is 637 g/mol. The van der Waals surface area contributed by atoms with Crippen LogP contribution in [0.5, 0.6) is 0 Å². The average Bonchev–Trinajstić information content (AvgIpc) is 3.75. The summed E-state index contributed by atoms with van der Waals surface area (Å²) >= 11 is 7.13. The molecule has 0 aliphatic rings. The highest BCUT2D eigenvalue weighted by Crippen LogP contribution is 2.46. The van der Waals surface area contributed by atoms with E-state index in [9.17, 15) is 13.2 Å². The summed E-state index contributed by atoms with van der Waals surface area (Å²) in [6, 6.07) is 32.5. The fourth-order valence-corrected chi connectivity index (χ4v) is 10.6. The van der Waals surface area contributed by atoms with Crippen molar-refractivity contribution >= 4 is 106 Å². The summed E-state index contributed by atoms with van der Waals surface area (Å²) in [4.78, 5) is 2.27. The summed E-state index contributed by atoms with van der Waals surface area (Å²) in [5, 5.41) is 7.50. The fraction of sp³-hybridized carbons (Fsp3) is 0.0556. The molecular weight excluding hydrogens is 618 g/mol. The molecular formula is C36H19F3S4. The van der Waals surface area contributed by atoms with Crippen LogP contribution >= 0.6 is 45.3 Å². The molecule has 0 spiro atoms. The van der Waals surface area contributed by atoms with Crippen LogP contribution in [0.4, 0.5) is 13.2 Å². The minimum Gasteiger partial charge on any atom is -0.166 e. The molecule has 0 bridgehead atoms. The van der Waals surface area contributed by atoms with Gasteiger partial charge in [0.05, 0.1) is 5.56 Å². The van der Waals surface area contributed by atoms with Crippen LogP contribution in [0.2, 0.25) is 0 Å². The largest absolute Gasteiger partial charge is 0.416 e. The van der Waals surface area contributed by atoms with E-state index in [0.717, 1.165) is 32.7 Å². The first kappa shape index (κ1) is 25.7.